The van der Waals surface area contributed by atoms with Gasteiger partial charge in [0.15, 0.2) is 0 Å². The molecule has 2 rings (SSSR count). The maximum atomic E-state index is 11.7. The molecule has 92 valence electrons. The summed E-state index contributed by atoms with van der Waals surface area (Å²) in [5, 5.41) is 15.4. The zero-order chi connectivity index (χ0) is 12.3. The molecule has 0 saturated heterocycles. The van der Waals surface area contributed by atoms with Crippen LogP contribution >= 0.6 is 0 Å². The number of amides is 1. The van der Waals surface area contributed by atoms with Gasteiger partial charge in [0, 0.05) is 6.07 Å². The van der Waals surface area contributed by atoms with Crippen LogP contribution in [0.25, 0.3) is 0 Å². The Balaban J connectivity index is 1.99. The van der Waals surface area contributed by atoms with Crippen LogP contribution in [0.4, 0.5) is 0 Å². The number of rotatable bonds is 4. The average Bonchev–Trinajstić information content (AvgIpc) is 2.89. The van der Waals surface area contributed by atoms with Gasteiger partial charge in [0.05, 0.1) is 12.1 Å². The SMILES string of the molecule is O=C(Cc1ccon1)NC1(C(=O)O)CCCC1. The van der Waals surface area contributed by atoms with Crippen LogP contribution in [0.15, 0.2) is 16.9 Å². The van der Waals surface area contributed by atoms with Gasteiger partial charge in [0.2, 0.25) is 5.91 Å². The zero-order valence-electron chi connectivity index (χ0n) is 9.31. The maximum Gasteiger partial charge on any atom is 0.329 e. The monoisotopic (exact) mass is 238 g/mol. The van der Waals surface area contributed by atoms with Crippen molar-refractivity contribution in [3.05, 3.63) is 18.0 Å². The van der Waals surface area contributed by atoms with E-state index in [2.05, 4.69) is 15.0 Å². The van der Waals surface area contributed by atoms with Gasteiger partial charge in [-0.15, -0.1) is 0 Å². The maximum absolute atomic E-state index is 11.7. The van der Waals surface area contributed by atoms with Gasteiger partial charge in [0.1, 0.15) is 11.8 Å². The first kappa shape index (κ1) is 11.6. The van der Waals surface area contributed by atoms with Crippen LogP contribution in [0.1, 0.15) is 31.4 Å². The summed E-state index contributed by atoms with van der Waals surface area (Å²) in [7, 11) is 0. The summed E-state index contributed by atoms with van der Waals surface area (Å²) in [6.07, 6.45) is 4.07. The second kappa shape index (κ2) is 4.57. The summed E-state index contributed by atoms with van der Waals surface area (Å²) in [4.78, 5) is 22.9. The molecule has 0 atom stereocenters. The summed E-state index contributed by atoms with van der Waals surface area (Å²) in [6.45, 7) is 0. The van der Waals surface area contributed by atoms with Crippen LogP contribution < -0.4 is 5.32 Å². The normalized spacial score (nSPS) is 17.9. The lowest BCUT2D eigenvalue weighted by Crippen LogP contribution is -2.52. The summed E-state index contributed by atoms with van der Waals surface area (Å²) in [5.74, 6) is -1.29. The molecule has 1 amide bonds. The highest BCUT2D eigenvalue weighted by Crippen LogP contribution is 2.29. The van der Waals surface area contributed by atoms with Gasteiger partial charge in [-0.3, -0.25) is 4.79 Å². The van der Waals surface area contributed by atoms with E-state index >= 15 is 0 Å². The Morgan fingerprint density at radius 2 is 2.18 bits per heavy atom. The van der Waals surface area contributed by atoms with Crippen molar-refractivity contribution in [3.8, 4) is 0 Å². The highest BCUT2D eigenvalue weighted by atomic mass is 16.5. The molecule has 1 heterocycles. The smallest absolute Gasteiger partial charge is 0.329 e. The first-order valence-corrected chi connectivity index (χ1v) is 5.56. The van der Waals surface area contributed by atoms with Gasteiger partial charge in [-0.25, -0.2) is 4.79 Å². The third kappa shape index (κ3) is 2.46. The van der Waals surface area contributed by atoms with Crippen molar-refractivity contribution in [2.24, 2.45) is 0 Å². The Bertz CT molecular complexity index is 407. The molecular formula is C11H14N2O4. The molecule has 0 bridgehead atoms. The lowest BCUT2D eigenvalue weighted by molar-refractivity contribution is -0.147. The average molecular weight is 238 g/mol. The second-order valence-corrected chi connectivity index (χ2v) is 4.31. The van der Waals surface area contributed by atoms with E-state index in [1.165, 1.54) is 6.26 Å². The molecule has 17 heavy (non-hydrogen) atoms. The first-order valence-electron chi connectivity index (χ1n) is 5.56. The number of carboxylic acids is 1. The van der Waals surface area contributed by atoms with Gasteiger partial charge in [-0.05, 0) is 12.8 Å². The highest BCUT2D eigenvalue weighted by Gasteiger charge is 2.42. The van der Waals surface area contributed by atoms with Crippen molar-refractivity contribution in [1.82, 2.24) is 10.5 Å². The Hall–Kier alpha value is -1.85. The van der Waals surface area contributed by atoms with Crippen LogP contribution in [0, 0.1) is 0 Å². The number of nitrogens with zero attached hydrogens (tertiary/aromatic N) is 1. The standard InChI is InChI=1S/C11H14N2O4/c14-9(7-8-3-6-17-13-8)12-11(10(15)16)4-1-2-5-11/h3,6H,1-2,4-5,7H2,(H,12,14)(H,15,16). The number of hydrogen-bond donors (Lipinski definition) is 2. The van der Waals surface area contributed by atoms with Crippen molar-refractivity contribution in [2.75, 3.05) is 0 Å². The van der Waals surface area contributed by atoms with Gasteiger partial charge >= 0.3 is 5.97 Å². The predicted molar refractivity (Wildman–Crippen MR) is 57.2 cm³/mol. The van der Waals surface area contributed by atoms with E-state index < -0.39 is 11.5 Å². The summed E-state index contributed by atoms with van der Waals surface area (Å²) < 4.78 is 4.61. The molecule has 0 aliphatic heterocycles. The largest absolute Gasteiger partial charge is 0.480 e. The van der Waals surface area contributed by atoms with Crippen molar-refractivity contribution < 1.29 is 19.2 Å². The molecular weight excluding hydrogens is 224 g/mol. The quantitative estimate of drug-likeness (QED) is 0.806. The van der Waals surface area contributed by atoms with Crippen LogP contribution in [0.3, 0.4) is 0 Å². The minimum Gasteiger partial charge on any atom is -0.480 e. The number of carbonyl (C=O) groups excluding carboxylic acids is 1. The molecule has 0 aromatic carbocycles. The van der Waals surface area contributed by atoms with Gasteiger partial charge in [-0.1, -0.05) is 18.0 Å². The molecule has 2 N–H and O–H groups in total. The highest BCUT2D eigenvalue weighted by molar-refractivity contribution is 5.88. The van der Waals surface area contributed by atoms with E-state index in [-0.39, 0.29) is 12.3 Å². The number of hydrogen-bond acceptors (Lipinski definition) is 4. The second-order valence-electron chi connectivity index (χ2n) is 4.31. The van der Waals surface area contributed by atoms with E-state index in [1.54, 1.807) is 6.07 Å². The fourth-order valence-electron chi connectivity index (χ4n) is 2.18. The van der Waals surface area contributed by atoms with E-state index in [9.17, 15) is 14.7 Å². The van der Waals surface area contributed by atoms with Gasteiger partial charge in [-0.2, -0.15) is 0 Å². The molecule has 1 saturated carbocycles. The number of aliphatic carboxylic acids is 1. The molecule has 1 fully saturated rings. The van der Waals surface area contributed by atoms with Gasteiger partial charge < -0.3 is 14.9 Å². The Kier molecular flexibility index (Phi) is 3.12. The third-order valence-corrected chi connectivity index (χ3v) is 3.08. The van der Waals surface area contributed by atoms with E-state index in [0.29, 0.717) is 18.5 Å². The molecule has 0 unspecified atom stereocenters. The molecule has 1 aliphatic rings. The summed E-state index contributed by atoms with van der Waals surface area (Å²) in [6, 6.07) is 1.58. The van der Waals surface area contributed by atoms with E-state index in [0.717, 1.165) is 12.8 Å². The Morgan fingerprint density at radius 3 is 2.71 bits per heavy atom. The van der Waals surface area contributed by atoms with Crippen molar-refractivity contribution >= 4 is 11.9 Å². The third-order valence-electron chi connectivity index (χ3n) is 3.08. The first-order chi connectivity index (χ1) is 8.12. The fraction of sp³-hybridized carbons (Fsp3) is 0.545. The molecule has 1 aromatic rings. The molecule has 0 spiro atoms. The Morgan fingerprint density at radius 1 is 1.47 bits per heavy atom. The van der Waals surface area contributed by atoms with Crippen LogP contribution in [0.2, 0.25) is 0 Å². The van der Waals surface area contributed by atoms with E-state index in [1.807, 2.05) is 0 Å². The fourth-order valence-corrected chi connectivity index (χ4v) is 2.18. The van der Waals surface area contributed by atoms with Crippen LogP contribution in [-0.2, 0) is 16.0 Å². The Labute approximate surface area is 98.0 Å². The van der Waals surface area contributed by atoms with Crippen LogP contribution in [-0.4, -0.2) is 27.7 Å². The van der Waals surface area contributed by atoms with Crippen molar-refractivity contribution in [1.29, 1.82) is 0 Å². The summed E-state index contributed by atoms with van der Waals surface area (Å²) >= 11 is 0. The molecule has 6 nitrogen and oxygen atoms in total. The van der Waals surface area contributed by atoms with Crippen LogP contribution in [0.5, 0.6) is 0 Å². The zero-order valence-corrected chi connectivity index (χ0v) is 9.31. The molecule has 6 heteroatoms. The van der Waals surface area contributed by atoms with Crippen molar-refractivity contribution in [3.63, 3.8) is 0 Å². The van der Waals surface area contributed by atoms with Gasteiger partial charge in [0.25, 0.3) is 0 Å². The minimum absolute atomic E-state index is 0.0472. The molecule has 0 radical (unpaired) electrons. The molecule has 1 aromatic heterocycles. The van der Waals surface area contributed by atoms with E-state index in [4.69, 9.17) is 0 Å². The number of aromatic nitrogens is 1. The summed E-state index contributed by atoms with van der Waals surface area (Å²) in [5.41, 5.74) is -0.582. The minimum atomic E-state index is -1.08. The number of nitrogens with one attached hydrogen (secondary N) is 1. The number of carbonyl (C=O) groups is 2. The molecule has 1 aliphatic carbocycles. The topological polar surface area (TPSA) is 92.4 Å². The lowest BCUT2D eigenvalue weighted by atomic mass is 9.97. The lowest BCUT2D eigenvalue weighted by Gasteiger charge is -2.25. The number of carboxylic acid groups (broad SMARTS) is 1. The predicted octanol–water partition coefficient (Wildman–Crippen LogP) is 0.731. The van der Waals surface area contributed by atoms with Crippen molar-refractivity contribution in [2.45, 2.75) is 37.6 Å².